The molecule has 1 fully saturated rings. The number of fused-ring (bicyclic) bond motifs is 3. The maximum absolute atomic E-state index is 13.6. The number of hydrogen-bond donors (Lipinski definition) is 4. The molecule has 8 nitrogen and oxygen atoms in total. The van der Waals surface area contributed by atoms with Crippen LogP contribution in [0.3, 0.4) is 0 Å². The summed E-state index contributed by atoms with van der Waals surface area (Å²) in [6.07, 6.45) is 2.13. The Morgan fingerprint density at radius 3 is 2.42 bits per heavy atom. The lowest BCUT2D eigenvalue weighted by Crippen LogP contribution is -2.60. The number of aromatic hydroxyl groups is 1. The summed E-state index contributed by atoms with van der Waals surface area (Å²) in [5, 5.41) is 33.2. The highest BCUT2D eigenvalue weighted by Gasteiger charge is 2.60. The number of rotatable bonds is 4. The first-order valence-corrected chi connectivity index (χ1v) is 11.9. The van der Waals surface area contributed by atoms with Crippen LogP contribution in [-0.4, -0.2) is 57.4 Å². The minimum Gasteiger partial charge on any atom is -0.507 e. The number of ketones is 2. The van der Waals surface area contributed by atoms with E-state index in [0.29, 0.717) is 12.0 Å². The smallest absolute Gasteiger partial charge is 0.252 e. The second kappa shape index (κ2) is 8.43. The van der Waals surface area contributed by atoms with Crippen molar-refractivity contribution in [2.75, 3.05) is 14.1 Å². The first kappa shape index (κ1) is 24.0. The van der Waals surface area contributed by atoms with Crippen LogP contribution in [0.4, 0.5) is 0 Å². The predicted octanol–water partition coefficient (Wildman–Crippen LogP) is 2.27. The number of aliphatic hydroxyl groups excluding tert-OH is 1. The molecule has 3 aliphatic carbocycles. The molecule has 0 aliphatic heterocycles. The standard InChI is InChI=1S/C28H28N2O6/c1-30(2)13-14-3-5-15(6-4-14)18-9-10-21(31)23-20(18)12-16-11-17-7-8-19(27(29)35)25(33)28(17,36)26(34)22(16)24(23)32/h3-6,8-10,16-17,31-32,36H,7,11-13H2,1-2H3,(H2,29,35). The molecule has 3 aliphatic rings. The summed E-state index contributed by atoms with van der Waals surface area (Å²) < 4.78 is 0. The lowest BCUT2D eigenvalue weighted by molar-refractivity contribution is -0.157. The van der Waals surface area contributed by atoms with Gasteiger partial charge < -0.3 is 26.0 Å². The molecule has 5 N–H and O–H groups in total. The number of nitrogens with two attached hydrogens (primary N) is 1. The highest BCUT2D eigenvalue weighted by atomic mass is 16.3. The van der Waals surface area contributed by atoms with Crippen molar-refractivity contribution in [1.82, 2.24) is 4.90 Å². The maximum atomic E-state index is 13.6. The quantitative estimate of drug-likeness (QED) is 0.382. The van der Waals surface area contributed by atoms with Crippen molar-refractivity contribution < 1.29 is 29.7 Å². The third-order valence-corrected chi connectivity index (χ3v) is 7.62. The highest BCUT2D eigenvalue weighted by Crippen LogP contribution is 2.51. The van der Waals surface area contributed by atoms with E-state index >= 15 is 0 Å². The monoisotopic (exact) mass is 488 g/mol. The number of phenols is 1. The molecule has 0 radical (unpaired) electrons. The molecule has 3 unspecified atom stereocenters. The number of amides is 1. The van der Waals surface area contributed by atoms with Crippen LogP contribution in [-0.2, 0) is 27.3 Å². The number of phenolic OH excluding ortho intramolecular Hbond substituents is 1. The molecule has 3 atom stereocenters. The number of benzene rings is 2. The van der Waals surface area contributed by atoms with Crippen molar-refractivity contribution in [1.29, 1.82) is 0 Å². The fraction of sp³-hybridized carbons (Fsp3) is 0.321. The molecular formula is C28H28N2O6. The van der Waals surface area contributed by atoms with E-state index in [-0.39, 0.29) is 29.7 Å². The molecule has 1 amide bonds. The predicted molar refractivity (Wildman–Crippen MR) is 133 cm³/mol. The summed E-state index contributed by atoms with van der Waals surface area (Å²) >= 11 is 0. The van der Waals surface area contributed by atoms with Gasteiger partial charge in [0, 0.05) is 18.0 Å². The fourth-order valence-corrected chi connectivity index (χ4v) is 5.94. The molecule has 0 heterocycles. The van der Waals surface area contributed by atoms with E-state index in [2.05, 4.69) is 4.90 Å². The van der Waals surface area contributed by atoms with E-state index in [1.54, 1.807) is 6.07 Å². The van der Waals surface area contributed by atoms with Gasteiger partial charge in [0.05, 0.1) is 11.1 Å². The molecule has 0 aromatic heterocycles. The zero-order valence-electron chi connectivity index (χ0n) is 20.1. The van der Waals surface area contributed by atoms with Crippen molar-refractivity contribution in [3.05, 3.63) is 70.3 Å². The van der Waals surface area contributed by atoms with Gasteiger partial charge >= 0.3 is 0 Å². The van der Waals surface area contributed by atoms with Crippen LogP contribution >= 0.6 is 0 Å². The average molecular weight is 489 g/mol. The summed E-state index contributed by atoms with van der Waals surface area (Å²) in [7, 11) is 3.99. The van der Waals surface area contributed by atoms with Gasteiger partial charge in [-0.3, -0.25) is 14.4 Å². The van der Waals surface area contributed by atoms with Crippen LogP contribution in [0.25, 0.3) is 16.9 Å². The molecule has 0 bridgehead atoms. The molecule has 0 saturated heterocycles. The summed E-state index contributed by atoms with van der Waals surface area (Å²) in [4.78, 5) is 40.3. The molecule has 186 valence electrons. The number of carbonyl (C=O) groups is 3. The van der Waals surface area contributed by atoms with E-state index < -0.39 is 46.2 Å². The summed E-state index contributed by atoms with van der Waals surface area (Å²) in [5.41, 5.74) is 6.03. The Morgan fingerprint density at radius 2 is 1.78 bits per heavy atom. The molecular weight excluding hydrogens is 460 g/mol. The molecule has 5 rings (SSSR count). The summed E-state index contributed by atoms with van der Waals surface area (Å²) in [6, 6.07) is 11.3. The van der Waals surface area contributed by atoms with Gasteiger partial charge in [0.25, 0.3) is 5.91 Å². The number of allylic oxidation sites excluding steroid dienone is 1. The van der Waals surface area contributed by atoms with Crippen LogP contribution in [0, 0.1) is 11.8 Å². The van der Waals surface area contributed by atoms with Crippen molar-refractivity contribution in [3.63, 3.8) is 0 Å². The Bertz CT molecular complexity index is 1370. The topological polar surface area (TPSA) is 141 Å². The molecule has 0 spiro atoms. The zero-order chi connectivity index (χ0) is 25.9. The van der Waals surface area contributed by atoms with Crippen LogP contribution < -0.4 is 5.73 Å². The number of primary amides is 1. The average Bonchev–Trinajstić information content (AvgIpc) is 2.81. The van der Waals surface area contributed by atoms with Crippen LogP contribution in [0.5, 0.6) is 5.75 Å². The van der Waals surface area contributed by atoms with Gasteiger partial charge in [0.2, 0.25) is 11.6 Å². The molecule has 2 aromatic carbocycles. The highest BCUT2D eigenvalue weighted by molar-refractivity contribution is 6.32. The van der Waals surface area contributed by atoms with Crippen molar-refractivity contribution in [3.8, 4) is 16.9 Å². The van der Waals surface area contributed by atoms with Crippen LogP contribution in [0.15, 0.2) is 53.6 Å². The van der Waals surface area contributed by atoms with Crippen molar-refractivity contribution >= 4 is 23.2 Å². The second-order valence-corrected chi connectivity index (χ2v) is 10.2. The number of Topliss-reactive ketones (excluding diaryl/α,β-unsaturated/α-hetero) is 2. The van der Waals surface area contributed by atoms with Gasteiger partial charge in [0.15, 0.2) is 5.60 Å². The Kier molecular flexibility index (Phi) is 5.61. The fourth-order valence-electron chi connectivity index (χ4n) is 5.94. The lowest BCUT2D eigenvalue weighted by atomic mass is 9.59. The van der Waals surface area contributed by atoms with Gasteiger partial charge in [-0.2, -0.15) is 0 Å². The number of carbonyl (C=O) groups excluding carboxylic acids is 3. The zero-order valence-corrected chi connectivity index (χ0v) is 20.1. The summed E-state index contributed by atoms with van der Waals surface area (Å²) in [5.74, 6) is -4.80. The van der Waals surface area contributed by atoms with Gasteiger partial charge in [-0.25, -0.2) is 0 Å². The first-order valence-electron chi connectivity index (χ1n) is 11.9. The normalized spacial score (nSPS) is 25.3. The summed E-state index contributed by atoms with van der Waals surface area (Å²) in [6.45, 7) is 0.792. The van der Waals surface area contributed by atoms with Crippen molar-refractivity contribution in [2.45, 2.75) is 31.4 Å². The van der Waals surface area contributed by atoms with E-state index in [0.717, 1.165) is 23.2 Å². The Balaban J connectivity index is 1.61. The molecule has 2 aromatic rings. The van der Waals surface area contributed by atoms with Gasteiger partial charge in [-0.1, -0.05) is 36.4 Å². The number of hydrogen-bond acceptors (Lipinski definition) is 7. The number of nitrogens with zero attached hydrogens (tertiary/aromatic N) is 1. The van der Waals surface area contributed by atoms with Crippen LogP contribution in [0.1, 0.15) is 29.5 Å². The largest absolute Gasteiger partial charge is 0.507 e. The van der Waals surface area contributed by atoms with E-state index in [1.807, 2.05) is 38.4 Å². The van der Waals surface area contributed by atoms with Gasteiger partial charge in [0.1, 0.15) is 11.5 Å². The SMILES string of the molecule is CN(C)Cc1ccc(-c2ccc(O)c3c2CC2CC4CC=C(C(N)=O)C(=O)C4(O)C(=O)C2=C3O)cc1. The van der Waals surface area contributed by atoms with Gasteiger partial charge in [-0.15, -0.1) is 0 Å². The molecule has 36 heavy (non-hydrogen) atoms. The van der Waals surface area contributed by atoms with Crippen molar-refractivity contribution in [2.24, 2.45) is 17.6 Å². The van der Waals surface area contributed by atoms with E-state index in [4.69, 9.17) is 5.73 Å². The second-order valence-electron chi connectivity index (χ2n) is 10.2. The third-order valence-electron chi connectivity index (χ3n) is 7.62. The lowest BCUT2D eigenvalue weighted by Gasteiger charge is -2.45. The minimum atomic E-state index is -2.47. The van der Waals surface area contributed by atoms with E-state index in [9.17, 15) is 29.7 Å². The maximum Gasteiger partial charge on any atom is 0.252 e. The molecule has 1 saturated carbocycles. The Hall–Kier alpha value is -3.75. The first-order chi connectivity index (χ1) is 17.0. The van der Waals surface area contributed by atoms with Gasteiger partial charge in [-0.05, 0) is 67.6 Å². The minimum absolute atomic E-state index is 0.0888. The van der Waals surface area contributed by atoms with Crippen LogP contribution in [0.2, 0.25) is 0 Å². The molecule has 8 heteroatoms. The Morgan fingerprint density at radius 1 is 1.08 bits per heavy atom. The Labute approximate surface area is 208 Å². The number of aliphatic hydroxyl groups is 2. The van der Waals surface area contributed by atoms with E-state index in [1.165, 1.54) is 12.1 Å². The third kappa shape index (κ3) is 3.48.